The molecule has 1 aliphatic carbocycles. The number of hydrogen-bond acceptors (Lipinski definition) is 3. The highest BCUT2D eigenvalue weighted by atomic mass is 16.2. The van der Waals surface area contributed by atoms with Gasteiger partial charge in [-0.25, -0.2) is 9.78 Å². The second-order valence-electron chi connectivity index (χ2n) is 7.03. The molecule has 128 valence electrons. The lowest BCUT2D eigenvalue weighted by Gasteiger charge is -2.32. The first-order chi connectivity index (χ1) is 11.2. The van der Waals surface area contributed by atoms with Crippen molar-refractivity contribution in [2.75, 3.05) is 19.6 Å². The van der Waals surface area contributed by atoms with Crippen molar-refractivity contribution in [1.29, 1.82) is 0 Å². The number of imidazole rings is 1. The van der Waals surface area contributed by atoms with E-state index in [1.165, 1.54) is 25.7 Å². The summed E-state index contributed by atoms with van der Waals surface area (Å²) in [4.78, 5) is 18.8. The van der Waals surface area contributed by atoms with Gasteiger partial charge in [-0.1, -0.05) is 12.8 Å². The number of nitrogens with one attached hydrogen (secondary N) is 2. The van der Waals surface area contributed by atoms with Crippen LogP contribution in [0, 0.1) is 5.92 Å². The van der Waals surface area contributed by atoms with Crippen LogP contribution in [-0.2, 0) is 13.6 Å². The Bertz CT molecular complexity index is 509. The minimum absolute atomic E-state index is 0.0122. The van der Waals surface area contributed by atoms with Crippen LogP contribution >= 0.6 is 0 Å². The van der Waals surface area contributed by atoms with Gasteiger partial charge in [0.25, 0.3) is 0 Å². The van der Waals surface area contributed by atoms with Gasteiger partial charge in [-0.15, -0.1) is 0 Å². The van der Waals surface area contributed by atoms with Crippen LogP contribution in [0.25, 0.3) is 0 Å². The Morgan fingerprint density at radius 3 is 2.87 bits per heavy atom. The van der Waals surface area contributed by atoms with Crippen LogP contribution in [-0.4, -0.2) is 46.2 Å². The van der Waals surface area contributed by atoms with Crippen LogP contribution in [0.5, 0.6) is 0 Å². The molecular weight excluding hydrogens is 290 g/mol. The summed E-state index contributed by atoms with van der Waals surface area (Å²) in [6.45, 7) is 3.83. The lowest BCUT2D eigenvalue weighted by atomic mass is 9.98. The van der Waals surface area contributed by atoms with E-state index in [2.05, 4.69) is 25.1 Å². The highest BCUT2D eigenvalue weighted by Crippen LogP contribution is 2.18. The fourth-order valence-corrected chi connectivity index (χ4v) is 3.75. The zero-order chi connectivity index (χ0) is 16.1. The summed E-state index contributed by atoms with van der Waals surface area (Å²) in [7, 11) is 2.04. The zero-order valence-electron chi connectivity index (χ0n) is 14.1. The molecule has 23 heavy (non-hydrogen) atoms. The number of aryl methyl sites for hydroxylation is 1. The fraction of sp³-hybridized carbons (Fsp3) is 0.765. The number of carbonyl (C=O) groups excluding carboxylic acids is 1. The van der Waals surface area contributed by atoms with Crippen LogP contribution < -0.4 is 10.6 Å². The van der Waals surface area contributed by atoms with Gasteiger partial charge in [0.2, 0.25) is 0 Å². The molecule has 2 aliphatic rings. The summed E-state index contributed by atoms with van der Waals surface area (Å²) >= 11 is 0. The van der Waals surface area contributed by atoms with E-state index in [9.17, 15) is 4.79 Å². The number of nitrogens with zero attached hydrogens (tertiary/aromatic N) is 3. The molecule has 0 bridgehead atoms. The molecular formula is C17H29N5O. The van der Waals surface area contributed by atoms with Crippen molar-refractivity contribution < 1.29 is 4.79 Å². The average molecular weight is 319 g/mol. The molecule has 1 aliphatic heterocycles. The normalized spacial score (nSPS) is 23.1. The van der Waals surface area contributed by atoms with Crippen LogP contribution in [0.4, 0.5) is 4.79 Å². The quantitative estimate of drug-likeness (QED) is 0.871. The summed E-state index contributed by atoms with van der Waals surface area (Å²) in [5.74, 6) is 1.65. The molecule has 1 aromatic heterocycles. The van der Waals surface area contributed by atoms with E-state index in [0.29, 0.717) is 12.0 Å². The summed E-state index contributed by atoms with van der Waals surface area (Å²) in [5, 5.41) is 6.17. The van der Waals surface area contributed by atoms with Crippen molar-refractivity contribution in [2.45, 2.75) is 51.1 Å². The molecule has 3 rings (SSSR count). The predicted molar refractivity (Wildman–Crippen MR) is 90.0 cm³/mol. The topological polar surface area (TPSA) is 62.2 Å². The number of carbonyl (C=O) groups is 1. The highest BCUT2D eigenvalue weighted by molar-refractivity contribution is 5.74. The minimum atomic E-state index is 0.0122. The minimum Gasteiger partial charge on any atom is -0.338 e. The molecule has 1 saturated heterocycles. The number of urea groups is 1. The first-order valence-electron chi connectivity index (χ1n) is 8.93. The zero-order valence-corrected chi connectivity index (χ0v) is 14.1. The van der Waals surface area contributed by atoms with Gasteiger partial charge in [0, 0.05) is 38.6 Å². The van der Waals surface area contributed by atoms with Gasteiger partial charge < -0.3 is 15.2 Å². The first-order valence-corrected chi connectivity index (χ1v) is 8.93. The lowest BCUT2D eigenvalue weighted by Crippen LogP contribution is -2.45. The molecule has 0 radical (unpaired) electrons. The maximum atomic E-state index is 12.0. The molecule has 1 saturated carbocycles. The lowest BCUT2D eigenvalue weighted by molar-refractivity contribution is 0.160. The number of amides is 2. The molecule has 6 nitrogen and oxygen atoms in total. The van der Waals surface area contributed by atoms with Crippen molar-refractivity contribution in [3.63, 3.8) is 0 Å². The van der Waals surface area contributed by atoms with Gasteiger partial charge in [0.15, 0.2) is 0 Å². The van der Waals surface area contributed by atoms with E-state index in [4.69, 9.17) is 0 Å². The smallest absolute Gasteiger partial charge is 0.315 e. The molecule has 1 atom stereocenters. The number of hydrogen-bond donors (Lipinski definition) is 2. The Labute approximate surface area is 138 Å². The molecule has 0 aromatic carbocycles. The van der Waals surface area contributed by atoms with Crippen LogP contribution in [0.3, 0.4) is 0 Å². The van der Waals surface area contributed by atoms with Gasteiger partial charge in [-0.05, 0) is 38.1 Å². The summed E-state index contributed by atoms with van der Waals surface area (Å²) in [6.07, 6.45) is 11.0. The number of likely N-dealkylation sites (tertiary alicyclic amines) is 1. The molecule has 2 fully saturated rings. The molecule has 2 N–H and O–H groups in total. The molecule has 0 spiro atoms. The molecule has 2 amide bonds. The maximum absolute atomic E-state index is 12.0. The van der Waals surface area contributed by atoms with Gasteiger partial charge in [0.05, 0.1) is 6.54 Å². The van der Waals surface area contributed by atoms with E-state index in [1.807, 2.05) is 19.4 Å². The van der Waals surface area contributed by atoms with E-state index in [-0.39, 0.29) is 6.03 Å². The largest absolute Gasteiger partial charge is 0.338 e. The van der Waals surface area contributed by atoms with E-state index >= 15 is 0 Å². The van der Waals surface area contributed by atoms with Crippen LogP contribution in [0.1, 0.15) is 44.3 Å². The Morgan fingerprint density at radius 1 is 1.30 bits per heavy atom. The van der Waals surface area contributed by atoms with E-state index in [0.717, 1.165) is 44.8 Å². The number of piperidine rings is 1. The molecule has 2 heterocycles. The van der Waals surface area contributed by atoms with Crippen LogP contribution in [0.2, 0.25) is 0 Å². The molecule has 1 aromatic rings. The Kier molecular flexibility index (Phi) is 5.54. The number of aromatic nitrogens is 2. The monoisotopic (exact) mass is 319 g/mol. The third kappa shape index (κ3) is 4.70. The second kappa shape index (κ2) is 7.81. The standard InChI is InChI=1S/C17H29N5O/c1-21-10-8-18-16(21)13-22-9-4-5-14(12-22)11-19-17(23)20-15-6-2-3-7-15/h8,10,14-15H,2-7,9,11-13H2,1H3,(H2,19,20,23). The van der Waals surface area contributed by atoms with Crippen molar-refractivity contribution in [3.8, 4) is 0 Å². The predicted octanol–water partition coefficient (Wildman–Crippen LogP) is 1.87. The van der Waals surface area contributed by atoms with Crippen molar-refractivity contribution in [3.05, 3.63) is 18.2 Å². The third-order valence-corrected chi connectivity index (χ3v) is 5.13. The Morgan fingerprint density at radius 2 is 2.13 bits per heavy atom. The van der Waals surface area contributed by atoms with Gasteiger partial charge in [0.1, 0.15) is 5.82 Å². The SMILES string of the molecule is Cn1ccnc1CN1CCCC(CNC(=O)NC2CCCC2)C1. The highest BCUT2D eigenvalue weighted by Gasteiger charge is 2.22. The fourth-order valence-electron chi connectivity index (χ4n) is 3.75. The van der Waals surface area contributed by atoms with Gasteiger partial charge >= 0.3 is 6.03 Å². The van der Waals surface area contributed by atoms with E-state index < -0.39 is 0 Å². The van der Waals surface area contributed by atoms with Crippen molar-refractivity contribution in [2.24, 2.45) is 13.0 Å². The number of rotatable bonds is 5. The van der Waals surface area contributed by atoms with Gasteiger partial charge in [-0.3, -0.25) is 4.90 Å². The van der Waals surface area contributed by atoms with E-state index in [1.54, 1.807) is 0 Å². The first kappa shape index (κ1) is 16.3. The second-order valence-corrected chi connectivity index (χ2v) is 7.03. The summed E-state index contributed by atoms with van der Waals surface area (Å²) < 4.78 is 2.08. The van der Waals surface area contributed by atoms with Crippen molar-refractivity contribution >= 4 is 6.03 Å². The summed E-state index contributed by atoms with van der Waals surface area (Å²) in [5.41, 5.74) is 0. The Hall–Kier alpha value is -1.56. The van der Waals surface area contributed by atoms with Gasteiger partial charge in [-0.2, -0.15) is 0 Å². The third-order valence-electron chi connectivity index (χ3n) is 5.13. The molecule has 1 unspecified atom stereocenters. The summed E-state index contributed by atoms with van der Waals surface area (Å²) in [6, 6.07) is 0.402. The van der Waals surface area contributed by atoms with Crippen molar-refractivity contribution in [1.82, 2.24) is 25.1 Å². The average Bonchev–Trinajstić information content (AvgIpc) is 3.18. The molecule has 6 heteroatoms. The maximum Gasteiger partial charge on any atom is 0.315 e. The Balaban J connectivity index is 1.39. The van der Waals surface area contributed by atoms with Crippen LogP contribution in [0.15, 0.2) is 12.4 Å².